The fourth-order valence-electron chi connectivity index (χ4n) is 3.91. The third-order valence-electron chi connectivity index (χ3n) is 5.16. The number of anilines is 2. The minimum atomic E-state index is -4.47. The fraction of sp³-hybridized carbons (Fsp3) is 0.364. The second-order valence-corrected chi connectivity index (χ2v) is 8.68. The fourth-order valence-corrected chi connectivity index (χ4v) is 3.91. The Hall–Kier alpha value is -3.23. The number of Topliss-reactive ketones (excluding diaryl/α,β-unsaturated/α-hetero) is 1. The summed E-state index contributed by atoms with van der Waals surface area (Å²) in [7, 11) is 0. The topological polar surface area (TPSA) is 72.7 Å². The van der Waals surface area contributed by atoms with Crippen LogP contribution in [-0.4, -0.2) is 25.5 Å². The lowest BCUT2D eigenvalue weighted by molar-refractivity contribution is -0.137. The third kappa shape index (κ3) is 4.17. The molecule has 0 radical (unpaired) electrons. The zero-order valence-corrected chi connectivity index (χ0v) is 17.6. The number of carbonyl (C=O) groups excluding carboxylic acids is 1. The number of rotatable bonds is 3. The molecule has 3 aromatic rings. The highest BCUT2D eigenvalue weighted by Gasteiger charge is 2.37. The van der Waals surface area contributed by atoms with Gasteiger partial charge in [0.15, 0.2) is 11.6 Å². The number of hydrogen-bond acceptors (Lipinski definition) is 5. The number of nitrogens with zero attached hydrogens (tertiary/aromatic N) is 4. The molecule has 0 atom stereocenters. The zero-order valence-electron chi connectivity index (χ0n) is 17.6. The number of halogens is 3. The number of ketones is 1. The van der Waals surface area contributed by atoms with Crippen LogP contribution in [0.5, 0.6) is 0 Å². The van der Waals surface area contributed by atoms with Crippen LogP contribution in [-0.2, 0) is 12.6 Å². The molecule has 6 nitrogen and oxygen atoms in total. The Morgan fingerprint density at radius 3 is 2.39 bits per heavy atom. The van der Waals surface area contributed by atoms with Crippen LogP contribution in [0.25, 0.3) is 5.95 Å². The van der Waals surface area contributed by atoms with Crippen molar-refractivity contribution in [2.45, 2.75) is 46.7 Å². The van der Waals surface area contributed by atoms with Crippen LogP contribution in [0.4, 0.5) is 24.7 Å². The summed E-state index contributed by atoms with van der Waals surface area (Å²) < 4.78 is 40.9. The van der Waals surface area contributed by atoms with E-state index < -0.39 is 11.7 Å². The van der Waals surface area contributed by atoms with Crippen LogP contribution >= 0.6 is 0 Å². The first kappa shape index (κ1) is 21.0. The van der Waals surface area contributed by atoms with Crippen molar-refractivity contribution in [2.75, 3.05) is 5.32 Å². The first-order chi connectivity index (χ1) is 14.4. The Morgan fingerprint density at radius 1 is 1.06 bits per heavy atom. The molecule has 9 heteroatoms. The average molecular weight is 429 g/mol. The Balaban J connectivity index is 1.85. The number of aryl methyl sites for hydroxylation is 2. The summed E-state index contributed by atoms with van der Waals surface area (Å²) in [6.07, 6.45) is -3.60. The number of aromatic nitrogens is 4. The minimum absolute atomic E-state index is 0.114. The normalized spacial score (nSPS) is 15.6. The van der Waals surface area contributed by atoms with Gasteiger partial charge in [0.05, 0.1) is 16.8 Å². The molecule has 31 heavy (non-hydrogen) atoms. The highest BCUT2D eigenvalue weighted by Crippen LogP contribution is 2.39. The monoisotopic (exact) mass is 429 g/mol. The lowest BCUT2D eigenvalue weighted by Gasteiger charge is -2.28. The molecule has 0 spiro atoms. The first-order valence-corrected chi connectivity index (χ1v) is 9.85. The number of benzene rings is 1. The van der Waals surface area contributed by atoms with Gasteiger partial charge in [-0.05, 0) is 49.9 Å². The maximum atomic E-state index is 13.1. The van der Waals surface area contributed by atoms with Crippen molar-refractivity contribution in [1.82, 2.24) is 19.7 Å². The first-order valence-electron chi connectivity index (χ1n) is 9.85. The summed E-state index contributed by atoms with van der Waals surface area (Å²) in [4.78, 5) is 21.9. The standard InChI is InChI=1S/C22H22F3N5O/c1-12-8-13(2)27-20(26-12)30-16-10-21(3,4)11-17(31)18(16)19(29-30)28-15-7-5-6-14(9-15)22(23,24)25/h5-9H,10-11H2,1-4H3,(H,28,29). The SMILES string of the molecule is Cc1cc(C)nc(-n2nc(Nc3cccc(C(F)(F)F)c3)c3c2CC(C)(C)CC3=O)n1. The van der Waals surface area contributed by atoms with Crippen molar-refractivity contribution < 1.29 is 18.0 Å². The van der Waals surface area contributed by atoms with E-state index in [1.165, 1.54) is 16.8 Å². The van der Waals surface area contributed by atoms with Crippen molar-refractivity contribution in [3.05, 3.63) is 58.5 Å². The molecular weight excluding hydrogens is 407 g/mol. The van der Waals surface area contributed by atoms with Gasteiger partial charge in [-0.3, -0.25) is 4.79 Å². The van der Waals surface area contributed by atoms with Gasteiger partial charge in [-0.1, -0.05) is 19.9 Å². The number of hydrogen-bond donors (Lipinski definition) is 1. The lowest BCUT2D eigenvalue weighted by atomic mass is 9.76. The molecule has 1 N–H and O–H groups in total. The Kier molecular flexibility index (Phi) is 4.87. The zero-order chi connectivity index (χ0) is 22.6. The van der Waals surface area contributed by atoms with E-state index in [2.05, 4.69) is 20.4 Å². The summed E-state index contributed by atoms with van der Waals surface area (Å²) in [5.41, 5.74) is 1.66. The van der Waals surface area contributed by atoms with Crippen LogP contribution in [0.1, 0.15) is 53.3 Å². The predicted molar refractivity (Wildman–Crippen MR) is 110 cm³/mol. The predicted octanol–water partition coefficient (Wildman–Crippen LogP) is 5.20. The number of nitrogens with one attached hydrogen (secondary N) is 1. The number of carbonyl (C=O) groups is 1. The largest absolute Gasteiger partial charge is 0.416 e. The van der Waals surface area contributed by atoms with Crippen molar-refractivity contribution >= 4 is 17.3 Å². The van der Waals surface area contributed by atoms with Crippen LogP contribution in [0.2, 0.25) is 0 Å². The second kappa shape index (κ2) is 7.18. The van der Waals surface area contributed by atoms with Gasteiger partial charge in [0.1, 0.15) is 0 Å². The van der Waals surface area contributed by atoms with Gasteiger partial charge in [0.2, 0.25) is 0 Å². The molecule has 0 saturated carbocycles. The molecule has 2 aromatic heterocycles. The molecule has 1 aromatic carbocycles. The maximum Gasteiger partial charge on any atom is 0.416 e. The van der Waals surface area contributed by atoms with Crippen molar-refractivity contribution in [3.63, 3.8) is 0 Å². The molecular formula is C22H22F3N5O. The molecule has 1 aliphatic carbocycles. The Bertz CT molecular complexity index is 1160. The molecule has 0 fully saturated rings. The highest BCUT2D eigenvalue weighted by molar-refractivity contribution is 6.03. The van der Waals surface area contributed by atoms with Crippen LogP contribution in [0.3, 0.4) is 0 Å². The maximum absolute atomic E-state index is 13.1. The Morgan fingerprint density at radius 2 is 1.74 bits per heavy atom. The average Bonchev–Trinajstić information content (AvgIpc) is 2.97. The molecule has 0 aliphatic heterocycles. The molecule has 4 rings (SSSR count). The molecule has 0 saturated heterocycles. The molecule has 2 heterocycles. The minimum Gasteiger partial charge on any atom is -0.338 e. The van der Waals surface area contributed by atoms with E-state index in [1.54, 1.807) is 0 Å². The van der Waals surface area contributed by atoms with Gasteiger partial charge in [0.25, 0.3) is 5.95 Å². The van der Waals surface area contributed by atoms with Crippen molar-refractivity contribution in [2.24, 2.45) is 5.41 Å². The number of fused-ring (bicyclic) bond motifs is 1. The Labute approximate surface area is 177 Å². The van der Waals surface area contributed by atoms with E-state index in [-0.39, 0.29) is 22.7 Å². The molecule has 0 amide bonds. The van der Waals surface area contributed by atoms with E-state index >= 15 is 0 Å². The van der Waals surface area contributed by atoms with E-state index in [9.17, 15) is 18.0 Å². The highest BCUT2D eigenvalue weighted by atomic mass is 19.4. The summed E-state index contributed by atoms with van der Waals surface area (Å²) in [5, 5.41) is 7.44. The van der Waals surface area contributed by atoms with Gasteiger partial charge >= 0.3 is 6.18 Å². The smallest absolute Gasteiger partial charge is 0.338 e. The van der Waals surface area contributed by atoms with Gasteiger partial charge in [-0.2, -0.15) is 13.2 Å². The number of alkyl halides is 3. The molecule has 162 valence electrons. The summed E-state index contributed by atoms with van der Waals surface area (Å²) >= 11 is 0. The van der Waals surface area contributed by atoms with Crippen LogP contribution in [0, 0.1) is 19.3 Å². The third-order valence-corrected chi connectivity index (χ3v) is 5.16. The molecule has 1 aliphatic rings. The van der Waals surface area contributed by atoms with Crippen molar-refractivity contribution in [1.29, 1.82) is 0 Å². The van der Waals surface area contributed by atoms with Crippen LogP contribution in [0.15, 0.2) is 30.3 Å². The van der Waals surface area contributed by atoms with Crippen LogP contribution < -0.4 is 5.32 Å². The summed E-state index contributed by atoms with van der Waals surface area (Å²) in [6, 6.07) is 6.64. The quantitative estimate of drug-likeness (QED) is 0.620. The molecule has 0 unspecified atom stereocenters. The van der Waals surface area contributed by atoms with E-state index in [4.69, 9.17) is 0 Å². The van der Waals surface area contributed by atoms with E-state index in [0.29, 0.717) is 30.0 Å². The summed E-state index contributed by atoms with van der Waals surface area (Å²) in [5.74, 6) is 0.422. The van der Waals surface area contributed by atoms with E-state index in [0.717, 1.165) is 23.5 Å². The van der Waals surface area contributed by atoms with Gasteiger partial charge in [0, 0.05) is 23.5 Å². The molecule has 0 bridgehead atoms. The van der Waals surface area contributed by atoms with Gasteiger partial charge < -0.3 is 5.32 Å². The lowest BCUT2D eigenvalue weighted by Crippen LogP contribution is -2.28. The second-order valence-electron chi connectivity index (χ2n) is 8.68. The van der Waals surface area contributed by atoms with Gasteiger partial charge in [-0.15, -0.1) is 5.10 Å². The summed E-state index contributed by atoms with van der Waals surface area (Å²) in [6.45, 7) is 7.66. The van der Waals surface area contributed by atoms with Crippen molar-refractivity contribution in [3.8, 4) is 5.95 Å². The van der Waals surface area contributed by atoms with E-state index in [1.807, 2.05) is 33.8 Å². The van der Waals surface area contributed by atoms with Gasteiger partial charge in [-0.25, -0.2) is 14.6 Å².